The summed E-state index contributed by atoms with van der Waals surface area (Å²) in [5, 5.41) is 5.81. The van der Waals surface area contributed by atoms with Gasteiger partial charge in [-0.1, -0.05) is 12.1 Å². The smallest absolute Gasteiger partial charge is 0.339 e. The predicted molar refractivity (Wildman–Crippen MR) is 90.3 cm³/mol. The number of esters is 1. The lowest BCUT2D eigenvalue weighted by Gasteiger charge is -2.10. The van der Waals surface area contributed by atoms with Crippen LogP contribution in [0.25, 0.3) is 0 Å². The van der Waals surface area contributed by atoms with Crippen LogP contribution in [0.4, 0.5) is 11.4 Å². The van der Waals surface area contributed by atoms with Crippen molar-refractivity contribution in [1.82, 2.24) is 4.98 Å². The van der Waals surface area contributed by atoms with E-state index < -0.39 is 5.97 Å². The van der Waals surface area contributed by atoms with Crippen LogP contribution < -0.4 is 10.6 Å². The Morgan fingerprint density at radius 1 is 1.17 bits per heavy atom. The topological polar surface area (TPSA) is 89.5 Å². The molecule has 1 aromatic heterocycles. The number of hydrogen-bond donors (Lipinski definition) is 2. The second kappa shape index (κ2) is 8.64. The zero-order valence-corrected chi connectivity index (χ0v) is 13.5. The maximum atomic E-state index is 12.4. The van der Waals surface area contributed by atoms with Gasteiger partial charge in [-0.25, -0.2) is 4.79 Å². The number of ether oxygens (including phenoxy) is 2. The minimum absolute atomic E-state index is 0.288. The summed E-state index contributed by atoms with van der Waals surface area (Å²) in [7, 11) is 2.91. The van der Waals surface area contributed by atoms with E-state index in [0.717, 1.165) is 0 Å². The van der Waals surface area contributed by atoms with Crippen LogP contribution in [0.2, 0.25) is 0 Å². The van der Waals surface area contributed by atoms with Crippen molar-refractivity contribution in [2.24, 2.45) is 0 Å². The van der Waals surface area contributed by atoms with Crippen LogP contribution in [0, 0.1) is 0 Å². The molecule has 126 valence electrons. The fourth-order valence-electron chi connectivity index (χ4n) is 2.03. The Labute approximate surface area is 140 Å². The third-order valence-electron chi connectivity index (χ3n) is 3.22. The summed E-state index contributed by atoms with van der Waals surface area (Å²) >= 11 is 0. The number of benzene rings is 1. The Bertz CT molecular complexity index is 718. The number of amides is 1. The highest BCUT2D eigenvalue weighted by molar-refractivity contribution is 6.08. The van der Waals surface area contributed by atoms with Gasteiger partial charge >= 0.3 is 5.97 Å². The first-order chi connectivity index (χ1) is 11.7. The van der Waals surface area contributed by atoms with E-state index >= 15 is 0 Å². The first-order valence-corrected chi connectivity index (χ1v) is 7.32. The van der Waals surface area contributed by atoms with Gasteiger partial charge in [0.25, 0.3) is 5.91 Å². The third kappa shape index (κ3) is 4.53. The molecule has 0 atom stereocenters. The highest BCUT2D eigenvalue weighted by Crippen LogP contribution is 2.18. The molecule has 0 unspecified atom stereocenters. The van der Waals surface area contributed by atoms with Gasteiger partial charge in [-0.3, -0.25) is 9.78 Å². The van der Waals surface area contributed by atoms with E-state index in [9.17, 15) is 9.59 Å². The number of pyridine rings is 1. The molecule has 1 heterocycles. The van der Waals surface area contributed by atoms with Gasteiger partial charge in [-0.2, -0.15) is 0 Å². The van der Waals surface area contributed by atoms with Crippen molar-refractivity contribution in [2.45, 2.75) is 0 Å². The molecule has 0 bridgehead atoms. The molecule has 1 amide bonds. The molecular formula is C17H19N3O4. The molecule has 0 radical (unpaired) electrons. The standard InChI is InChI=1S/C17H19N3O4/c1-23-8-7-19-13-9-12(10-18-11-13)16(21)20-15-6-4-3-5-14(15)17(22)24-2/h3-6,9-11,19H,7-8H2,1-2H3,(H,20,21). The van der Waals surface area contributed by atoms with Crippen LogP contribution >= 0.6 is 0 Å². The maximum absolute atomic E-state index is 12.4. The summed E-state index contributed by atoms with van der Waals surface area (Å²) < 4.78 is 9.67. The quantitative estimate of drug-likeness (QED) is 0.598. The summed E-state index contributed by atoms with van der Waals surface area (Å²) in [4.78, 5) is 28.2. The average Bonchev–Trinajstić information content (AvgIpc) is 2.62. The second-order valence-corrected chi connectivity index (χ2v) is 4.87. The summed E-state index contributed by atoms with van der Waals surface area (Å²) in [6.45, 7) is 1.15. The SMILES string of the molecule is COCCNc1cncc(C(=O)Nc2ccccc2C(=O)OC)c1. The number of nitrogens with zero attached hydrogens (tertiary/aromatic N) is 1. The molecular weight excluding hydrogens is 310 g/mol. The molecule has 1 aromatic carbocycles. The molecule has 2 rings (SSSR count). The summed E-state index contributed by atoms with van der Waals surface area (Å²) in [6, 6.07) is 8.33. The Morgan fingerprint density at radius 3 is 2.71 bits per heavy atom. The normalized spacial score (nSPS) is 10.1. The minimum atomic E-state index is -0.515. The first kappa shape index (κ1) is 17.4. The molecule has 0 spiro atoms. The molecule has 7 heteroatoms. The van der Waals surface area contributed by atoms with Crippen LogP contribution in [0.5, 0.6) is 0 Å². The van der Waals surface area contributed by atoms with Crippen molar-refractivity contribution in [3.63, 3.8) is 0 Å². The molecule has 0 saturated carbocycles. The Kier molecular flexibility index (Phi) is 6.27. The van der Waals surface area contributed by atoms with Crippen LogP contribution in [0.1, 0.15) is 20.7 Å². The van der Waals surface area contributed by atoms with Gasteiger partial charge in [0, 0.05) is 26.0 Å². The number of carbonyl (C=O) groups is 2. The average molecular weight is 329 g/mol. The number of methoxy groups -OCH3 is 2. The Morgan fingerprint density at radius 2 is 1.96 bits per heavy atom. The van der Waals surface area contributed by atoms with E-state index in [2.05, 4.69) is 15.6 Å². The van der Waals surface area contributed by atoms with Gasteiger partial charge in [-0.05, 0) is 18.2 Å². The van der Waals surface area contributed by atoms with Gasteiger partial charge < -0.3 is 20.1 Å². The Hall–Kier alpha value is -2.93. The van der Waals surface area contributed by atoms with Crippen LogP contribution in [-0.2, 0) is 9.47 Å². The van der Waals surface area contributed by atoms with E-state index in [1.54, 1.807) is 43.6 Å². The molecule has 2 aromatic rings. The number of anilines is 2. The number of aromatic nitrogens is 1. The molecule has 2 N–H and O–H groups in total. The lowest BCUT2D eigenvalue weighted by Crippen LogP contribution is -2.16. The number of nitrogens with one attached hydrogen (secondary N) is 2. The molecule has 24 heavy (non-hydrogen) atoms. The Balaban J connectivity index is 2.13. The van der Waals surface area contributed by atoms with Crippen LogP contribution in [0.3, 0.4) is 0 Å². The molecule has 0 aliphatic rings. The van der Waals surface area contributed by atoms with E-state index in [-0.39, 0.29) is 11.5 Å². The zero-order valence-electron chi connectivity index (χ0n) is 13.5. The van der Waals surface area contributed by atoms with Crippen molar-refractivity contribution >= 4 is 23.3 Å². The summed E-state index contributed by atoms with van der Waals surface area (Å²) in [5.74, 6) is -0.881. The lowest BCUT2D eigenvalue weighted by molar-refractivity contribution is 0.0602. The molecule has 7 nitrogen and oxygen atoms in total. The molecule has 0 fully saturated rings. The largest absolute Gasteiger partial charge is 0.465 e. The van der Waals surface area contributed by atoms with Gasteiger partial charge in [0.15, 0.2) is 0 Å². The van der Waals surface area contributed by atoms with Crippen LogP contribution in [0.15, 0.2) is 42.7 Å². The molecule has 0 aliphatic heterocycles. The third-order valence-corrected chi connectivity index (χ3v) is 3.22. The number of para-hydroxylation sites is 1. The number of rotatable bonds is 7. The predicted octanol–water partition coefficient (Wildman–Crippen LogP) is 2.18. The summed E-state index contributed by atoms with van der Waals surface area (Å²) in [5.41, 5.74) is 1.75. The lowest BCUT2D eigenvalue weighted by atomic mass is 10.1. The van der Waals surface area contributed by atoms with Crippen molar-refractivity contribution in [3.8, 4) is 0 Å². The summed E-state index contributed by atoms with van der Waals surface area (Å²) in [6.07, 6.45) is 3.08. The van der Waals surface area contributed by atoms with Gasteiger partial charge in [-0.15, -0.1) is 0 Å². The van der Waals surface area contributed by atoms with Crippen molar-refractivity contribution < 1.29 is 19.1 Å². The van der Waals surface area contributed by atoms with Crippen LogP contribution in [-0.4, -0.2) is 44.2 Å². The first-order valence-electron chi connectivity index (χ1n) is 7.32. The fourth-order valence-corrected chi connectivity index (χ4v) is 2.03. The maximum Gasteiger partial charge on any atom is 0.339 e. The van der Waals surface area contributed by atoms with Crippen molar-refractivity contribution in [1.29, 1.82) is 0 Å². The van der Waals surface area contributed by atoms with E-state index in [0.29, 0.717) is 30.1 Å². The number of carbonyl (C=O) groups excluding carboxylic acids is 2. The monoisotopic (exact) mass is 329 g/mol. The van der Waals surface area contributed by atoms with E-state index in [1.807, 2.05) is 0 Å². The zero-order chi connectivity index (χ0) is 17.4. The fraction of sp³-hybridized carbons (Fsp3) is 0.235. The highest BCUT2D eigenvalue weighted by atomic mass is 16.5. The van der Waals surface area contributed by atoms with Gasteiger partial charge in [0.1, 0.15) is 0 Å². The van der Waals surface area contributed by atoms with E-state index in [1.165, 1.54) is 13.3 Å². The molecule has 0 saturated heterocycles. The highest BCUT2D eigenvalue weighted by Gasteiger charge is 2.14. The second-order valence-electron chi connectivity index (χ2n) is 4.87. The van der Waals surface area contributed by atoms with Crippen molar-refractivity contribution in [2.75, 3.05) is 38.0 Å². The minimum Gasteiger partial charge on any atom is -0.465 e. The molecule has 0 aliphatic carbocycles. The van der Waals surface area contributed by atoms with Crippen molar-refractivity contribution in [3.05, 3.63) is 53.9 Å². The van der Waals surface area contributed by atoms with Gasteiger partial charge in [0.05, 0.1) is 36.2 Å². The number of hydrogen-bond acceptors (Lipinski definition) is 6. The van der Waals surface area contributed by atoms with E-state index in [4.69, 9.17) is 9.47 Å². The van der Waals surface area contributed by atoms with Gasteiger partial charge in [0.2, 0.25) is 0 Å².